The van der Waals surface area contributed by atoms with E-state index in [1.807, 2.05) is 12.1 Å². The van der Waals surface area contributed by atoms with Crippen molar-refractivity contribution in [1.29, 1.82) is 0 Å². The van der Waals surface area contributed by atoms with E-state index in [2.05, 4.69) is 6.07 Å². The van der Waals surface area contributed by atoms with Crippen LogP contribution < -0.4 is 4.74 Å². The predicted molar refractivity (Wildman–Crippen MR) is 53.5 cm³/mol. The minimum absolute atomic E-state index is 0.563. The SMILES string of the molecule is CN(O)Cc1ccc2c(c1)CCCO2. The quantitative estimate of drug-likeness (QED) is 0.727. The Morgan fingerprint density at radius 3 is 3.14 bits per heavy atom. The third-order valence-corrected chi connectivity index (χ3v) is 2.38. The predicted octanol–water partition coefficient (Wildman–Crippen LogP) is 1.83. The summed E-state index contributed by atoms with van der Waals surface area (Å²) in [6, 6.07) is 6.10. The lowest BCUT2D eigenvalue weighted by Crippen LogP contribution is -2.13. The van der Waals surface area contributed by atoms with E-state index in [1.165, 1.54) is 10.6 Å². The first-order chi connectivity index (χ1) is 6.75. The normalized spacial score (nSPS) is 15.1. The van der Waals surface area contributed by atoms with Gasteiger partial charge in [0.2, 0.25) is 0 Å². The van der Waals surface area contributed by atoms with Gasteiger partial charge in [0.25, 0.3) is 0 Å². The van der Waals surface area contributed by atoms with E-state index in [4.69, 9.17) is 9.94 Å². The highest BCUT2D eigenvalue weighted by Gasteiger charge is 2.10. The van der Waals surface area contributed by atoms with Crippen molar-refractivity contribution in [3.05, 3.63) is 29.3 Å². The zero-order valence-corrected chi connectivity index (χ0v) is 8.36. The molecule has 0 fully saturated rings. The minimum Gasteiger partial charge on any atom is -0.493 e. The monoisotopic (exact) mass is 193 g/mol. The summed E-state index contributed by atoms with van der Waals surface area (Å²) in [4.78, 5) is 0. The molecule has 1 aromatic rings. The van der Waals surface area contributed by atoms with Crippen molar-refractivity contribution in [1.82, 2.24) is 5.06 Å². The molecule has 1 heterocycles. The second-order valence-electron chi connectivity index (χ2n) is 3.71. The number of benzene rings is 1. The maximum Gasteiger partial charge on any atom is 0.122 e. The molecule has 0 radical (unpaired) electrons. The Morgan fingerprint density at radius 1 is 1.50 bits per heavy atom. The van der Waals surface area contributed by atoms with Gasteiger partial charge in [-0.3, -0.25) is 0 Å². The van der Waals surface area contributed by atoms with Gasteiger partial charge in [-0.2, -0.15) is 5.06 Å². The topological polar surface area (TPSA) is 32.7 Å². The van der Waals surface area contributed by atoms with Crippen LogP contribution in [0.25, 0.3) is 0 Å². The molecule has 76 valence electrons. The van der Waals surface area contributed by atoms with Gasteiger partial charge in [-0.15, -0.1) is 0 Å². The van der Waals surface area contributed by atoms with Gasteiger partial charge in [0.15, 0.2) is 0 Å². The van der Waals surface area contributed by atoms with Gasteiger partial charge in [0, 0.05) is 13.6 Å². The van der Waals surface area contributed by atoms with Crippen LogP contribution in [0, 0.1) is 0 Å². The molecular weight excluding hydrogens is 178 g/mol. The number of rotatable bonds is 2. The van der Waals surface area contributed by atoms with Crippen LogP contribution in [0.15, 0.2) is 18.2 Å². The van der Waals surface area contributed by atoms with Gasteiger partial charge in [0.05, 0.1) is 6.61 Å². The van der Waals surface area contributed by atoms with Crippen LogP contribution in [0.1, 0.15) is 17.5 Å². The van der Waals surface area contributed by atoms with Crippen LogP contribution >= 0.6 is 0 Å². The standard InChI is InChI=1S/C11H15NO2/c1-12(13)8-9-4-5-11-10(7-9)3-2-6-14-11/h4-5,7,13H,2-3,6,8H2,1H3. The molecule has 0 spiro atoms. The summed E-state index contributed by atoms with van der Waals surface area (Å²) in [7, 11) is 1.65. The first kappa shape index (κ1) is 9.49. The summed E-state index contributed by atoms with van der Waals surface area (Å²) in [6.45, 7) is 1.39. The van der Waals surface area contributed by atoms with E-state index in [0.717, 1.165) is 30.8 Å². The van der Waals surface area contributed by atoms with Crippen LogP contribution in [0.2, 0.25) is 0 Å². The molecule has 0 bridgehead atoms. The van der Waals surface area contributed by atoms with Crippen molar-refractivity contribution in [2.24, 2.45) is 0 Å². The lowest BCUT2D eigenvalue weighted by atomic mass is 10.0. The van der Waals surface area contributed by atoms with E-state index in [1.54, 1.807) is 7.05 Å². The summed E-state index contributed by atoms with van der Waals surface area (Å²) in [5.74, 6) is 1.00. The molecule has 1 N–H and O–H groups in total. The van der Waals surface area contributed by atoms with Gasteiger partial charge < -0.3 is 9.94 Å². The Morgan fingerprint density at radius 2 is 2.36 bits per heavy atom. The second kappa shape index (κ2) is 3.98. The van der Waals surface area contributed by atoms with Crippen molar-refractivity contribution >= 4 is 0 Å². The van der Waals surface area contributed by atoms with Gasteiger partial charge in [-0.05, 0) is 30.0 Å². The maximum atomic E-state index is 9.11. The third-order valence-electron chi connectivity index (χ3n) is 2.38. The Labute approximate surface area is 83.9 Å². The molecule has 2 rings (SSSR count). The van der Waals surface area contributed by atoms with Crippen LogP contribution in [-0.2, 0) is 13.0 Å². The largest absolute Gasteiger partial charge is 0.493 e. The zero-order valence-electron chi connectivity index (χ0n) is 8.36. The molecule has 0 unspecified atom stereocenters. The fraction of sp³-hybridized carbons (Fsp3) is 0.455. The lowest BCUT2D eigenvalue weighted by molar-refractivity contribution is -0.0731. The molecule has 0 saturated carbocycles. The summed E-state index contributed by atoms with van der Waals surface area (Å²) in [5, 5.41) is 10.3. The number of hydrogen-bond acceptors (Lipinski definition) is 3. The van der Waals surface area contributed by atoms with Crippen LogP contribution in [0.4, 0.5) is 0 Å². The second-order valence-corrected chi connectivity index (χ2v) is 3.71. The van der Waals surface area contributed by atoms with Crippen LogP contribution in [0.5, 0.6) is 5.75 Å². The number of ether oxygens (including phenoxy) is 1. The molecule has 3 nitrogen and oxygen atoms in total. The van der Waals surface area contributed by atoms with E-state index >= 15 is 0 Å². The molecule has 0 atom stereocenters. The highest BCUT2D eigenvalue weighted by Crippen LogP contribution is 2.25. The highest BCUT2D eigenvalue weighted by atomic mass is 16.5. The number of nitrogens with zero attached hydrogens (tertiary/aromatic N) is 1. The molecule has 14 heavy (non-hydrogen) atoms. The number of aryl methyl sites for hydroxylation is 1. The Bertz CT molecular complexity index is 323. The maximum absolute atomic E-state index is 9.11. The smallest absolute Gasteiger partial charge is 0.122 e. The van der Waals surface area contributed by atoms with Crippen molar-refractivity contribution in [3.63, 3.8) is 0 Å². The molecule has 0 amide bonds. The first-order valence-electron chi connectivity index (χ1n) is 4.90. The fourth-order valence-corrected chi connectivity index (χ4v) is 1.78. The summed E-state index contributed by atoms with van der Waals surface area (Å²) in [6.07, 6.45) is 2.17. The molecule has 1 aromatic carbocycles. The number of hydroxylamine groups is 2. The molecule has 1 aliphatic heterocycles. The van der Waals surface area contributed by atoms with Gasteiger partial charge in [-0.25, -0.2) is 0 Å². The van der Waals surface area contributed by atoms with Crippen molar-refractivity contribution in [3.8, 4) is 5.75 Å². The molecule has 0 aliphatic carbocycles. The van der Waals surface area contributed by atoms with Gasteiger partial charge >= 0.3 is 0 Å². The molecule has 0 saturated heterocycles. The van der Waals surface area contributed by atoms with Gasteiger partial charge in [-0.1, -0.05) is 12.1 Å². The molecule has 1 aliphatic rings. The van der Waals surface area contributed by atoms with Crippen LogP contribution in [-0.4, -0.2) is 23.9 Å². The van der Waals surface area contributed by atoms with E-state index in [0.29, 0.717) is 6.54 Å². The van der Waals surface area contributed by atoms with Crippen LogP contribution in [0.3, 0.4) is 0 Å². The lowest BCUT2D eigenvalue weighted by Gasteiger charge is -2.18. The average molecular weight is 193 g/mol. The van der Waals surface area contributed by atoms with E-state index in [-0.39, 0.29) is 0 Å². The van der Waals surface area contributed by atoms with Crippen molar-refractivity contribution in [2.45, 2.75) is 19.4 Å². The summed E-state index contributed by atoms with van der Waals surface area (Å²) < 4.78 is 5.51. The first-order valence-corrected chi connectivity index (χ1v) is 4.90. The summed E-state index contributed by atoms with van der Waals surface area (Å²) in [5.41, 5.74) is 2.38. The van der Waals surface area contributed by atoms with Gasteiger partial charge in [0.1, 0.15) is 5.75 Å². The Hall–Kier alpha value is -1.06. The fourth-order valence-electron chi connectivity index (χ4n) is 1.78. The zero-order chi connectivity index (χ0) is 9.97. The van der Waals surface area contributed by atoms with E-state index < -0.39 is 0 Å². The Kier molecular flexibility index (Phi) is 2.70. The molecular formula is C11H15NO2. The highest BCUT2D eigenvalue weighted by molar-refractivity contribution is 5.38. The van der Waals surface area contributed by atoms with Crippen molar-refractivity contribution < 1.29 is 9.94 Å². The average Bonchev–Trinajstić information content (AvgIpc) is 2.17. The summed E-state index contributed by atoms with van der Waals surface area (Å²) >= 11 is 0. The third kappa shape index (κ3) is 2.05. The minimum atomic E-state index is 0.563. The van der Waals surface area contributed by atoms with E-state index in [9.17, 15) is 0 Å². The van der Waals surface area contributed by atoms with Crippen molar-refractivity contribution in [2.75, 3.05) is 13.7 Å². The number of hydrogen-bond donors (Lipinski definition) is 1. The number of fused-ring (bicyclic) bond motifs is 1. The molecule has 3 heteroatoms. The Balaban J connectivity index is 2.20. The molecule has 0 aromatic heterocycles.